The lowest BCUT2D eigenvalue weighted by molar-refractivity contribution is 0.584. The Balaban J connectivity index is 1.53. The van der Waals surface area contributed by atoms with Crippen molar-refractivity contribution in [2.45, 2.75) is 10.6 Å². The van der Waals surface area contributed by atoms with Gasteiger partial charge in [0.05, 0.1) is 14.9 Å². The Morgan fingerprint density at radius 3 is 2.42 bits per heavy atom. The van der Waals surface area contributed by atoms with Gasteiger partial charge in [-0.1, -0.05) is 59.6 Å². The molecule has 26 heavy (non-hydrogen) atoms. The SMILES string of the molecule is O=S(=O)(NCCSCc1ccc(Cl)c(Cl)c1)c1ccc2ccccc2c1. The highest BCUT2D eigenvalue weighted by molar-refractivity contribution is 7.98. The molecule has 0 radical (unpaired) electrons. The number of rotatable bonds is 7. The van der Waals surface area contributed by atoms with Crippen molar-refractivity contribution in [1.82, 2.24) is 4.72 Å². The molecule has 136 valence electrons. The van der Waals surface area contributed by atoms with Gasteiger partial charge in [0, 0.05) is 18.1 Å². The average molecular weight is 426 g/mol. The molecule has 3 nitrogen and oxygen atoms in total. The highest BCUT2D eigenvalue weighted by atomic mass is 35.5. The molecule has 3 aromatic carbocycles. The molecule has 0 unspecified atom stereocenters. The minimum absolute atomic E-state index is 0.283. The smallest absolute Gasteiger partial charge is 0.210 e. The second-order valence-corrected chi connectivity index (χ2v) is 9.39. The van der Waals surface area contributed by atoms with E-state index in [1.54, 1.807) is 30.0 Å². The Labute approximate surface area is 167 Å². The van der Waals surface area contributed by atoms with Crippen molar-refractivity contribution < 1.29 is 8.42 Å². The Morgan fingerprint density at radius 1 is 0.885 bits per heavy atom. The molecule has 0 spiro atoms. The molecule has 7 heteroatoms. The van der Waals surface area contributed by atoms with Crippen molar-refractivity contribution in [3.8, 4) is 0 Å². The van der Waals surface area contributed by atoms with Gasteiger partial charge in [0.15, 0.2) is 0 Å². The summed E-state index contributed by atoms with van der Waals surface area (Å²) in [6.45, 7) is 0.362. The molecular weight excluding hydrogens is 409 g/mol. The number of hydrogen-bond donors (Lipinski definition) is 1. The van der Waals surface area contributed by atoms with Crippen LogP contribution in [0.3, 0.4) is 0 Å². The summed E-state index contributed by atoms with van der Waals surface area (Å²) in [5, 5.41) is 2.98. The highest BCUT2D eigenvalue weighted by Crippen LogP contribution is 2.24. The monoisotopic (exact) mass is 425 g/mol. The van der Waals surface area contributed by atoms with Crippen LogP contribution in [0.5, 0.6) is 0 Å². The highest BCUT2D eigenvalue weighted by Gasteiger charge is 2.13. The van der Waals surface area contributed by atoms with E-state index in [1.165, 1.54) is 0 Å². The van der Waals surface area contributed by atoms with Crippen molar-refractivity contribution in [3.63, 3.8) is 0 Å². The molecule has 0 atom stereocenters. The fourth-order valence-electron chi connectivity index (χ4n) is 2.49. The predicted octanol–water partition coefficient (Wildman–Crippen LogP) is 5.36. The normalized spacial score (nSPS) is 11.8. The number of nitrogens with one attached hydrogen (secondary N) is 1. The number of sulfonamides is 1. The van der Waals surface area contributed by atoms with Crippen LogP contribution in [0.25, 0.3) is 10.8 Å². The lowest BCUT2D eigenvalue weighted by atomic mass is 10.1. The number of benzene rings is 3. The van der Waals surface area contributed by atoms with Gasteiger partial charge in [0.1, 0.15) is 0 Å². The molecule has 0 aliphatic heterocycles. The summed E-state index contributed by atoms with van der Waals surface area (Å²) in [5.74, 6) is 1.40. The molecule has 0 aliphatic rings. The molecule has 0 heterocycles. The Bertz CT molecular complexity index is 1020. The van der Waals surface area contributed by atoms with Gasteiger partial charge in [-0.05, 0) is 40.6 Å². The average Bonchev–Trinajstić information content (AvgIpc) is 2.64. The number of halogens is 2. The first-order chi connectivity index (χ1) is 12.5. The first kappa shape index (κ1) is 19.5. The first-order valence-electron chi connectivity index (χ1n) is 7.96. The molecule has 0 saturated heterocycles. The van der Waals surface area contributed by atoms with Crippen LogP contribution in [-0.2, 0) is 15.8 Å². The molecule has 0 aromatic heterocycles. The second-order valence-electron chi connectivity index (χ2n) is 5.71. The van der Waals surface area contributed by atoms with Gasteiger partial charge in [-0.15, -0.1) is 0 Å². The van der Waals surface area contributed by atoms with Crippen molar-refractivity contribution in [2.24, 2.45) is 0 Å². The topological polar surface area (TPSA) is 46.2 Å². The lowest BCUT2D eigenvalue weighted by Crippen LogP contribution is -2.26. The van der Waals surface area contributed by atoms with Crippen LogP contribution in [-0.4, -0.2) is 20.7 Å². The van der Waals surface area contributed by atoms with E-state index in [0.29, 0.717) is 22.3 Å². The van der Waals surface area contributed by atoms with Crippen LogP contribution in [0.1, 0.15) is 5.56 Å². The van der Waals surface area contributed by atoms with E-state index >= 15 is 0 Å². The molecule has 0 amide bonds. The van der Waals surface area contributed by atoms with Crippen LogP contribution in [0, 0.1) is 0 Å². The Kier molecular flexibility index (Phi) is 6.48. The standard InChI is InChI=1S/C19H17Cl2NO2S2/c20-18-8-5-14(11-19(18)21)13-25-10-9-22-26(23,24)17-7-6-15-3-1-2-4-16(15)12-17/h1-8,11-12,22H,9-10,13H2. The van der Waals surface area contributed by atoms with Crippen LogP contribution in [0.2, 0.25) is 10.0 Å². The first-order valence-corrected chi connectivity index (χ1v) is 11.4. The van der Waals surface area contributed by atoms with Crippen molar-refractivity contribution in [2.75, 3.05) is 12.3 Å². The molecule has 0 fully saturated rings. The van der Waals surface area contributed by atoms with Gasteiger partial charge < -0.3 is 0 Å². The van der Waals surface area contributed by atoms with E-state index in [1.807, 2.05) is 42.5 Å². The summed E-state index contributed by atoms with van der Waals surface area (Å²) in [5.41, 5.74) is 1.06. The zero-order valence-electron chi connectivity index (χ0n) is 13.8. The van der Waals surface area contributed by atoms with Crippen LogP contribution < -0.4 is 4.72 Å². The fourth-order valence-corrected chi connectivity index (χ4v) is 4.81. The molecule has 3 aromatic rings. The van der Waals surface area contributed by atoms with Gasteiger partial charge >= 0.3 is 0 Å². The van der Waals surface area contributed by atoms with E-state index in [2.05, 4.69) is 4.72 Å². The number of fused-ring (bicyclic) bond motifs is 1. The van der Waals surface area contributed by atoms with E-state index < -0.39 is 10.0 Å². The summed E-state index contributed by atoms with van der Waals surface area (Å²) in [6.07, 6.45) is 0. The summed E-state index contributed by atoms with van der Waals surface area (Å²) in [4.78, 5) is 0.283. The maximum absolute atomic E-state index is 12.4. The predicted molar refractivity (Wildman–Crippen MR) is 112 cm³/mol. The minimum Gasteiger partial charge on any atom is -0.210 e. The summed E-state index contributed by atoms with van der Waals surface area (Å²) < 4.78 is 27.5. The molecule has 1 N–H and O–H groups in total. The summed E-state index contributed by atoms with van der Waals surface area (Å²) >= 11 is 13.5. The molecule has 0 bridgehead atoms. The third-order valence-corrected chi connectivity index (χ3v) is 7.05. The third-order valence-electron chi connectivity index (χ3n) is 3.82. The summed E-state index contributed by atoms with van der Waals surface area (Å²) in [6, 6.07) is 18.3. The van der Waals surface area contributed by atoms with Gasteiger partial charge in [0.25, 0.3) is 0 Å². The molecule has 0 aliphatic carbocycles. The van der Waals surface area contributed by atoms with E-state index in [9.17, 15) is 8.42 Å². The van der Waals surface area contributed by atoms with Crippen molar-refractivity contribution >= 4 is 55.8 Å². The van der Waals surface area contributed by atoms with Gasteiger partial charge in [-0.3, -0.25) is 0 Å². The minimum atomic E-state index is -3.51. The quantitative estimate of drug-likeness (QED) is 0.518. The fraction of sp³-hybridized carbons (Fsp3) is 0.158. The zero-order chi connectivity index (χ0) is 18.6. The van der Waals surface area contributed by atoms with Gasteiger partial charge in [0.2, 0.25) is 10.0 Å². The molecular formula is C19H17Cl2NO2S2. The van der Waals surface area contributed by atoms with Crippen molar-refractivity contribution in [1.29, 1.82) is 0 Å². The summed E-state index contributed by atoms with van der Waals surface area (Å²) in [7, 11) is -3.51. The van der Waals surface area contributed by atoms with E-state index in [-0.39, 0.29) is 4.90 Å². The lowest BCUT2D eigenvalue weighted by Gasteiger charge is -2.08. The van der Waals surface area contributed by atoms with Gasteiger partial charge in [-0.2, -0.15) is 11.8 Å². The van der Waals surface area contributed by atoms with E-state index in [0.717, 1.165) is 22.1 Å². The Hall–Kier alpha value is -1.24. The number of thioether (sulfide) groups is 1. The van der Waals surface area contributed by atoms with Crippen LogP contribution in [0.15, 0.2) is 65.6 Å². The number of hydrogen-bond acceptors (Lipinski definition) is 3. The van der Waals surface area contributed by atoms with Crippen LogP contribution >= 0.6 is 35.0 Å². The van der Waals surface area contributed by atoms with Gasteiger partial charge in [-0.25, -0.2) is 13.1 Å². The Morgan fingerprint density at radius 2 is 1.65 bits per heavy atom. The van der Waals surface area contributed by atoms with Crippen molar-refractivity contribution in [3.05, 3.63) is 76.3 Å². The largest absolute Gasteiger partial charge is 0.240 e. The van der Waals surface area contributed by atoms with E-state index in [4.69, 9.17) is 23.2 Å². The maximum Gasteiger partial charge on any atom is 0.240 e. The maximum atomic E-state index is 12.4. The third kappa shape index (κ3) is 4.93. The molecule has 3 rings (SSSR count). The molecule has 0 saturated carbocycles. The zero-order valence-corrected chi connectivity index (χ0v) is 16.9. The van der Waals surface area contributed by atoms with Crippen LogP contribution in [0.4, 0.5) is 0 Å². The second kappa shape index (κ2) is 8.63.